The summed E-state index contributed by atoms with van der Waals surface area (Å²) in [5.74, 6) is -0.293. The average molecular weight is 224 g/mol. The van der Waals surface area contributed by atoms with E-state index in [0.717, 1.165) is 17.0 Å². The number of nitrogen functional groups attached to an aromatic ring is 1. The predicted molar refractivity (Wildman–Crippen MR) is 54.1 cm³/mol. The Hall–Kier alpha value is -1.96. The largest absolute Gasteiger partial charge is 0.374 e. The molecule has 0 fully saturated rings. The second-order valence-corrected chi connectivity index (χ2v) is 3.71. The Kier molecular flexibility index (Phi) is 2.59. The van der Waals surface area contributed by atoms with Gasteiger partial charge in [-0.15, -0.1) is 10.2 Å². The van der Waals surface area contributed by atoms with Crippen molar-refractivity contribution in [3.63, 3.8) is 0 Å². The number of anilines is 1. The van der Waals surface area contributed by atoms with E-state index in [1.807, 2.05) is 0 Å². The van der Waals surface area contributed by atoms with Crippen LogP contribution in [0, 0.1) is 0 Å². The highest BCUT2D eigenvalue weighted by atomic mass is 32.1. The fourth-order valence-electron chi connectivity index (χ4n) is 0.959. The van der Waals surface area contributed by atoms with Gasteiger partial charge in [-0.3, -0.25) is 4.79 Å². The molecular formula is C7H8N6OS. The number of aromatic amines is 1. The maximum absolute atomic E-state index is 11.5. The van der Waals surface area contributed by atoms with Gasteiger partial charge in [0.05, 0.1) is 18.6 Å². The van der Waals surface area contributed by atoms with E-state index < -0.39 is 0 Å². The number of carbonyl (C=O) groups is 1. The summed E-state index contributed by atoms with van der Waals surface area (Å²) in [6, 6.07) is 0. The molecule has 8 heteroatoms. The third-order valence-corrected chi connectivity index (χ3v) is 2.38. The second kappa shape index (κ2) is 4.05. The molecule has 0 saturated carbocycles. The molecule has 2 aromatic rings. The zero-order chi connectivity index (χ0) is 10.7. The van der Waals surface area contributed by atoms with Gasteiger partial charge in [-0.2, -0.15) is 0 Å². The molecule has 2 rings (SSSR count). The van der Waals surface area contributed by atoms with Crippen LogP contribution in [0.5, 0.6) is 0 Å². The number of H-pyrrole nitrogens is 1. The van der Waals surface area contributed by atoms with E-state index in [4.69, 9.17) is 5.73 Å². The van der Waals surface area contributed by atoms with Crippen LogP contribution in [0.4, 0.5) is 5.13 Å². The fraction of sp³-hybridized carbons (Fsp3) is 0.143. The van der Waals surface area contributed by atoms with Gasteiger partial charge >= 0.3 is 0 Å². The Labute approximate surface area is 88.7 Å². The summed E-state index contributed by atoms with van der Waals surface area (Å²) in [4.78, 5) is 18.2. The molecule has 0 atom stereocenters. The molecule has 78 valence electrons. The molecule has 0 aliphatic heterocycles. The molecule has 0 aliphatic rings. The lowest BCUT2D eigenvalue weighted by Crippen LogP contribution is -2.22. The predicted octanol–water partition coefficient (Wildman–Crippen LogP) is -0.227. The third-order valence-electron chi connectivity index (χ3n) is 1.63. The van der Waals surface area contributed by atoms with Crippen LogP contribution in [0.2, 0.25) is 0 Å². The molecule has 0 bridgehead atoms. The molecule has 7 nitrogen and oxygen atoms in total. The minimum atomic E-state index is -0.293. The lowest BCUT2D eigenvalue weighted by molar-refractivity contribution is 0.0949. The van der Waals surface area contributed by atoms with Gasteiger partial charge in [0.15, 0.2) is 0 Å². The Morgan fingerprint density at radius 2 is 2.47 bits per heavy atom. The highest BCUT2D eigenvalue weighted by Gasteiger charge is 2.10. The van der Waals surface area contributed by atoms with Crippen molar-refractivity contribution in [3.8, 4) is 0 Å². The van der Waals surface area contributed by atoms with E-state index in [1.54, 1.807) is 12.5 Å². The number of amides is 1. The Morgan fingerprint density at radius 1 is 1.60 bits per heavy atom. The van der Waals surface area contributed by atoms with Gasteiger partial charge < -0.3 is 16.0 Å². The lowest BCUT2D eigenvalue weighted by Gasteiger charge is -1.98. The zero-order valence-corrected chi connectivity index (χ0v) is 8.41. The molecule has 0 saturated heterocycles. The number of imidazole rings is 1. The standard InChI is InChI=1S/C7H8N6OS/c8-7-13-12-6(15-7)5(14)10-2-4-1-9-3-11-4/h1,3H,2H2,(H2,8,13)(H,9,11)(H,10,14). The summed E-state index contributed by atoms with van der Waals surface area (Å²) >= 11 is 1.05. The van der Waals surface area contributed by atoms with Crippen molar-refractivity contribution >= 4 is 22.4 Å². The van der Waals surface area contributed by atoms with Crippen LogP contribution in [-0.2, 0) is 6.54 Å². The van der Waals surface area contributed by atoms with Crippen molar-refractivity contribution in [2.75, 3.05) is 5.73 Å². The van der Waals surface area contributed by atoms with Crippen molar-refractivity contribution in [1.82, 2.24) is 25.5 Å². The summed E-state index contributed by atoms with van der Waals surface area (Å²) in [6.45, 7) is 0.373. The molecule has 2 heterocycles. The van der Waals surface area contributed by atoms with Crippen LogP contribution in [0.15, 0.2) is 12.5 Å². The van der Waals surface area contributed by atoms with E-state index in [0.29, 0.717) is 6.54 Å². The summed E-state index contributed by atoms with van der Waals surface area (Å²) in [7, 11) is 0. The van der Waals surface area contributed by atoms with Gasteiger partial charge in [0.25, 0.3) is 5.91 Å². The highest BCUT2D eigenvalue weighted by Crippen LogP contribution is 2.10. The molecule has 4 N–H and O–H groups in total. The molecule has 0 unspecified atom stereocenters. The first-order valence-electron chi connectivity index (χ1n) is 4.10. The number of hydrogen-bond donors (Lipinski definition) is 3. The molecule has 0 aliphatic carbocycles. The van der Waals surface area contributed by atoms with Crippen molar-refractivity contribution < 1.29 is 4.79 Å². The molecular weight excluding hydrogens is 216 g/mol. The number of aromatic nitrogens is 4. The molecule has 0 aromatic carbocycles. The fourth-order valence-corrected chi connectivity index (χ4v) is 1.49. The molecule has 0 radical (unpaired) electrons. The first-order valence-corrected chi connectivity index (χ1v) is 4.92. The van der Waals surface area contributed by atoms with E-state index in [2.05, 4.69) is 25.5 Å². The molecule has 0 spiro atoms. The van der Waals surface area contributed by atoms with Gasteiger partial charge in [-0.25, -0.2) is 4.98 Å². The smallest absolute Gasteiger partial charge is 0.282 e. The van der Waals surface area contributed by atoms with E-state index in [9.17, 15) is 4.79 Å². The normalized spacial score (nSPS) is 10.1. The Balaban J connectivity index is 1.93. The quantitative estimate of drug-likeness (QED) is 0.667. The van der Waals surface area contributed by atoms with Gasteiger partial charge in [-0.05, 0) is 0 Å². The number of nitrogens with zero attached hydrogens (tertiary/aromatic N) is 3. The van der Waals surface area contributed by atoms with Crippen LogP contribution in [0.1, 0.15) is 15.5 Å². The minimum absolute atomic E-state index is 0.256. The van der Waals surface area contributed by atoms with Crippen LogP contribution >= 0.6 is 11.3 Å². The first kappa shape index (κ1) is 9.59. The number of hydrogen-bond acceptors (Lipinski definition) is 6. The third kappa shape index (κ3) is 2.29. The summed E-state index contributed by atoms with van der Waals surface area (Å²) in [6.07, 6.45) is 3.18. The minimum Gasteiger partial charge on any atom is -0.374 e. The van der Waals surface area contributed by atoms with E-state index >= 15 is 0 Å². The molecule has 1 amide bonds. The SMILES string of the molecule is Nc1nnc(C(=O)NCc2cnc[nH]2)s1. The average Bonchev–Trinajstić information content (AvgIpc) is 2.84. The van der Waals surface area contributed by atoms with Gasteiger partial charge in [0.2, 0.25) is 10.1 Å². The van der Waals surface area contributed by atoms with Crippen LogP contribution in [0.25, 0.3) is 0 Å². The topological polar surface area (TPSA) is 110 Å². The summed E-state index contributed by atoms with van der Waals surface area (Å²) in [5, 5.41) is 10.4. The Bertz CT molecular complexity index is 450. The monoisotopic (exact) mass is 224 g/mol. The van der Waals surface area contributed by atoms with Gasteiger partial charge in [0, 0.05) is 6.20 Å². The van der Waals surface area contributed by atoms with E-state index in [1.165, 1.54) is 0 Å². The van der Waals surface area contributed by atoms with Gasteiger partial charge in [-0.1, -0.05) is 11.3 Å². The molecule has 15 heavy (non-hydrogen) atoms. The number of rotatable bonds is 3. The van der Waals surface area contributed by atoms with Crippen molar-refractivity contribution in [2.45, 2.75) is 6.54 Å². The first-order chi connectivity index (χ1) is 7.25. The number of carbonyl (C=O) groups excluding carboxylic acids is 1. The van der Waals surface area contributed by atoms with E-state index in [-0.39, 0.29) is 16.0 Å². The van der Waals surface area contributed by atoms with Crippen molar-refractivity contribution in [1.29, 1.82) is 0 Å². The van der Waals surface area contributed by atoms with Crippen LogP contribution in [0.3, 0.4) is 0 Å². The Morgan fingerprint density at radius 3 is 3.07 bits per heavy atom. The van der Waals surface area contributed by atoms with Crippen molar-refractivity contribution in [3.05, 3.63) is 23.2 Å². The maximum Gasteiger partial charge on any atom is 0.282 e. The van der Waals surface area contributed by atoms with Crippen LogP contribution in [-0.4, -0.2) is 26.1 Å². The van der Waals surface area contributed by atoms with Crippen LogP contribution < -0.4 is 11.1 Å². The lowest BCUT2D eigenvalue weighted by atomic mass is 10.4. The summed E-state index contributed by atoms with van der Waals surface area (Å²) < 4.78 is 0. The molecule has 2 aromatic heterocycles. The highest BCUT2D eigenvalue weighted by molar-refractivity contribution is 7.16. The summed E-state index contributed by atoms with van der Waals surface area (Å²) in [5.41, 5.74) is 6.18. The number of nitrogens with one attached hydrogen (secondary N) is 2. The zero-order valence-electron chi connectivity index (χ0n) is 7.60. The number of nitrogens with two attached hydrogens (primary N) is 1. The van der Waals surface area contributed by atoms with Gasteiger partial charge in [0.1, 0.15) is 0 Å². The second-order valence-electron chi connectivity index (χ2n) is 2.70. The maximum atomic E-state index is 11.5. The van der Waals surface area contributed by atoms with Crippen molar-refractivity contribution in [2.24, 2.45) is 0 Å².